The first-order valence-corrected chi connectivity index (χ1v) is 10.3. The normalized spacial score (nSPS) is 12.3. The van der Waals surface area contributed by atoms with Crippen LogP contribution in [0.1, 0.15) is 24.2 Å². The molecule has 3 amide bonds. The highest BCUT2D eigenvalue weighted by atomic mass is 35.5. The molecule has 2 rings (SSSR count). The summed E-state index contributed by atoms with van der Waals surface area (Å²) in [4.78, 5) is 25.5. The Balaban J connectivity index is 2.46. The minimum absolute atomic E-state index is 0.184. The molecule has 2 N–H and O–H groups in total. The molecule has 0 unspecified atom stereocenters. The Morgan fingerprint density at radius 2 is 1.77 bits per heavy atom. The van der Waals surface area contributed by atoms with Gasteiger partial charge in [-0.25, -0.2) is 22.4 Å². The Kier molecular flexibility index (Phi) is 9.18. The van der Waals surface area contributed by atoms with Gasteiger partial charge in [0, 0.05) is 12.6 Å². The highest BCUT2D eigenvalue weighted by Crippen LogP contribution is 2.33. The lowest BCUT2D eigenvalue weighted by Crippen LogP contribution is -2.38. The van der Waals surface area contributed by atoms with Crippen molar-refractivity contribution in [1.82, 2.24) is 4.90 Å². The third kappa shape index (κ3) is 7.38. The lowest BCUT2D eigenvalue weighted by atomic mass is 10.1. The summed E-state index contributed by atoms with van der Waals surface area (Å²) >= 11 is 5.82. The van der Waals surface area contributed by atoms with Crippen LogP contribution in [0, 0.1) is 11.6 Å². The number of halogens is 8. The minimum Gasteiger partial charge on any atom is -0.480 e. The highest BCUT2D eigenvalue weighted by molar-refractivity contribution is 6.34. The van der Waals surface area contributed by atoms with Crippen LogP contribution in [0.4, 0.5) is 46.9 Å². The molecule has 0 radical (unpaired) electrons. The van der Waals surface area contributed by atoms with E-state index in [1.807, 2.05) is 10.6 Å². The monoisotopic (exact) mass is 529 g/mol. The first kappa shape index (κ1) is 28.0. The van der Waals surface area contributed by atoms with Gasteiger partial charge in [-0.05, 0) is 32.0 Å². The molecule has 0 spiro atoms. The van der Waals surface area contributed by atoms with E-state index in [9.17, 15) is 40.3 Å². The van der Waals surface area contributed by atoms with Crippen molar-refractivity contribution in [2.24, 2.45) is 0 Å². The number of anilines is 2. The number of hydrogen-bond donors (Lipinski definition) is 2. The van der Waals surface area contributed by atoms with Crippen LogP contribution < -0.4 is 15.4 Å². The average molecular weight is 530 g/mol. The van der Waals surface area contributed by atoms with E-state index in [1.54, 1.807) is 0 Å². The summed E-state index contributed by atoms with van der Waals surface area (Å²) in [6.07, 6.45) is -10.3. The van der Waals surface area contributed by atoms with Crippen molar-refractivity contribution >= 4 is 34.9 Å². The highest BCUT2D eigenvalue weighted by Gasteiger charge is 2.39. The number of nitrogens with zero attached hydrogens (tertiary/aromatic N) is 1. The van der Waals surface area contributed by atoms with Gasteiger partial charge >= 0.3 is 12.2 Å². The number of nitrogens with one attached hydrogen (secondary N) is 2. The van der Waals surface area contributed by atoms with E-state index in [0.717, 1.165) is 6.07 Å². The van der Waals surface area contributed by atoms with Crippen LogP contribution in [0.15, 0.2) is 30.3 Å². The predicted molar refractivity (Wildman–Crippen MR) is 114 cm³/mol. The maximum Gasteiger partial charge on any atom is 0.425 e. The van der Waals surface area contributed by atoms with Gasteiger partial charge in [0.25, 0.3) is 12.3 Å². The molecule has 0 bridgehead atoms. The summed E-state index contributed by atoms with van der Waals surface area (Å²) in [5, 5.41) is 3.75. The van der Waals surface area contributed by atoms with Crippen molar-refractivity contribution in [1.29, 1.82) is 0 Å². The van der Waals surface area contributed by atoms with E-state index < -0.39 is 71.5 Å². The van der Waals surface area contributed by atoms with E-state index in [-0.39, 0.29) is 11.6 Å². The fourth-order valence-electron chi connectivity index (χ4n) is 2.70. The molecule has 2 aromatic carbocycles. The zero-order chi connectivity index (χ0) is 26.5. The number of carbonyl (C=O) groups is 2. The Morgan fingerprint density at radius 3 is 2.31 bits per heavy atom. The first-order valence-electron chi connectivity index (χ1n) is 9.90. The molecule has 0 aliphatic heterocycles. The van der Waals surface area contributed by atoms with Gasteiger partial charge in [-0.1, -0.05) is 17.7 Å². The van der Waals surface area contributed by atoms with Crippen LogP contribution in [0.3, 0.4) is 0 Å². The first-order chi connectivity index (χ1) is 16.2. The largest absolute Gasteiger partial charge is 0.480 e. The second-order valence-electron chi connectivity index (χ2n) is 7.04. The maximum atomic E-state index is 14.7. The molecule has 0 aliphatic carbocycles. The molecule has 35 heavy (non-hydrogen) atoms. The molecule has 192 valence electrons. The van der Waals surface area contributed by atoms with Gasteiger partial charge in [0.15, 0.2) is 6.10 Å². The molecule has 14 heteroatoms. The van der Waals surface area contributed by atoms with Crippen molar-refractivity contribution in [3.05, 3.63) is 52.6 Å². The molecule has 0 saturated heterocycles. The third-order valence-corrected chi connectivity index (χ3v) is 4.86. The average Bonchev–Trinajstić information content (AvgIpc) is 2.75. The van der Waals surface area contributed by atoms with Gasteiger partial charge in [-0.15, -0.1) is 0 Å². The number of amides is 3. The molecular formula is C21H19ClF7N3O3. The lowest BCUT2D eigenvalue weighted by molar-refractivity contribution is -0.189. The standard InChI is InChI=1S/C21H19ClF7N3O3/c1-3-32(9-17(25)26)20(34)30-15-8-16(35-10(2)21(27,28)29)11(7-14(15)24)19(33)31-18-12(22)5-4-6-13(18)23/h4-8,10,17H,3,9H2,1-2H3,(H,30,34)(H,31,33)/t10-/m0/s1. The Labute approximate surface area is 200 Å². The van der Waals surface area contributed by atoms with E-state index in [0.29, 0.717) is 24.0 Å². The van der Waals surface area contributed by atoms with Crippen LogP contribution in [-0.2, 0) is 0 Å². The molecule has 0 fully saturated rings. The number of alkyl halides is 5. The maximum absolute atomic E-state index is 14.7. The number of hydrogen-bond acceptors (Lipinski definition) is 3. The van der Waals surface area contributed by atoms with Gasteiger partial charge in [-0.3, -0.25) is 4.79 Å². The molecule has 1 atom stereocenters. The van der Waals surface area contributed by atoms with E-state index >= 15 is 0 Å². The fraction of sp³-hybridized carbons (Fsp3) is 0.333. The number of para-hydroxylation sites is 1. The Morgan fingerprint density at radius 1 is 1.11 bits per heavy atom. The fourth-order valence-corrected chi connectivity index (χ4v) is 2.91. The SMILES string of the molecule is CCN(CC(F)F)C(=O)Nc1cc(O[C@@H](C)C(F)(F)F)c(C(=O)Nc2c(F)cccc2Cl)cc1F. The van der Waals surface area contributed by atoms with Crippen molar-refractivity contribution in [3.63, 3.8) is 0 Å². The van der Waals surface area contributed by atoms with E-state index in [2.05, 4.69) is 0 Å². The lowest BCUT2D eigenvalue weighted by Gasteiger charge is -2.23. The number of carbonyl (C=O) groups excluding carboxylic acids is 2. The molecule has 0 saturated carbocycles. The summed E-state index contributed by atoms with van der Waals surface area (Å²) < 4.78 is 98.0. The van der Waals surface area contributed by atoms with Gasteiger partial charge < -0.3 is 20.3 Å². The van der Waals surface area contributed by atoms with Gasteiger partial charge in [0.05, 0.1) is 28.5 Å². The molecule has 0 aliphatic rings. The third-order valence-electron chi connectivity index (χ3n) is 4.55. The number of benzene rings is 2. The van der Waals surface area contributed by atoms with E-state index in [4.69, 9.17) is 16.3 Å². The molecule has 0 heterocycles. The quantitative estimate of drug-likeness (QED) is 0.393. The molecule has 2 aromatic rings. The summed E-state index contributed by atoms with van der Waals surface area (Å²) in [7, 11) is 0. The number of urea groups is 1. The number of rotatable bonds is 8. The van der Waals surface area contributed by atoms with Crippen LogP contribution in [0.25, 0.3) is 0 Å². The zero-order valence-corrected chi connectivity index (χ0v) is 18.9. The number of ether oxygens (including phenoxy) is 1. The van der Waals surface area contributed by atoms with Crippen LogP contribution >= 0.6 is 11.6 Å². The van der Waals surface area contributed by atoms with E-state index in [1.165, 1.54) is 19.1 Å². The molecular weight excluding hydrogens is 511 g/mol. The van der Waals surface area contributed by atoms with Crippen molar-refractivity contribution < 1.29 is 45.1 Å². The minimum atomic E-state index is -4.89. The van der Waals surface area contributed by atoms with Crippen LogP contribution in [0.5, 0.6) is 5.75 Å². The summed E-state index contributed by atoms with van der Waals surface area (Å²) in [5.41, 5.74) is -2.04. The summed E-state index contributed by atoms with van der Waals surface area (Å²) in [5.74, 6) is -4.37. The van der Waals surface area contributed by atoms with Crippen LogP contribution in [-0.4, -0.2) is 48.6 Å². The Hall–Kier alpha value is -3.22. The topological polar surface area (TPSA) is 70.7 Å². The molecule has 0 aromatic heterocycles. The predicted octanol–water partition coefficient (Wildman–Crippen LogP) is 6.32. The van der Waals surface area contributed by atoms with Crippen LogP contribution in [0.2, 0.25) is 5.02 Å². The van der Waals surface area contributed by atoms with Gasteiger partial charge in [0.2, 0.25) is 0 Å². The second-order valence-corrected chi connectivity index (χ2v) is 7.45. The Bertz CT molecular complexity index is 1060. The molecule has 6 nitrogen and oxygen atoms in total. The van der Waals surface area contributed by atoms with Gasteiger partial charge in [0.1, 0.15) is 17.4 Å². The second kappa shape index (κ2) is 11.5. The smallest absolute Gasteiger partial charge is 0.425 e. The summed E-state index contributed by atoms with van der Waals surface area (Å²) in [6.45, 7) is 0.816. The van der Waals surface area contributed by atoms with Crippen molar-refractivity contribution in [2.45, 2.75) is 32.6 Å². The zero-order valence-electron chi connectivity index (χ0n) is 18.2. The van der Waals surface area contributed by atoms with Gasteiger partial charge in [-0.2, -0.15) is 13.2 Å². The summed E-state index contributed by atoms with van der Waals surface area (Å²) in [6, 6.07) is 3.27. The van der Waals surface area contributed by atoms with Crippen molar-refractivity contribution in [2.75, 3.05) is 23.7 Å². The van der Waals surface area contributed by atoms with Crippen molar-refractivity contribution in [3.8, 4) is 5.75 Å².